The molecule has 204 valence electrons. The number of aliphatic hydroxyl groups is 2. The summed E-state index contributed by atoms with van der Waals surface area (Å²) in [6.45, 7) is 5.06. The predicted molar refractivity (Wildman–Crippen MR) is 132 cm³/mol. The van der Waals surface area contributed by atoms with E-state index in [0.29, 0.717) is 31.4 Å². The summed E-state index contributed by atoms with van der Waals surface area (Å²) in [5, 5.41) is 22.5. The molecular weight excluding hydrogens is 483 g/mol. The van der Waals surface area contributed by atoms with Gasteiger partial charge in [-0.15, -0.1) is 0 Å². The highest BCUT2D eigenvalue weighted by molar-refractivity contribution is 5.97. The number of aliphatic hydroxyl groups excluding tert-OH is 2. The van der Waals surface area contributed by atoms with E-state index in [0.717, 1.165) is 0 Å². The van der Waals surface area contributed by atoms with Crippen molar-refractivity contribution in [3.63, 3.8) is 0 Å². The van der Waals surface area contributed by atoms with Gasteiger partial charge in [-0.25, -0.2) is 4.39 Å². The van der Waals surface area contributed by atoms with E-state index >= 15 is 0 Å². The molecule has 2 saturated heterocycles. The number of hydrogen-bond donors (Lipinski definition) is 4. The molecule has 1 aromatic carbocycles. The minimum atomic E-state index is -1.44. The standard InChI is InChI=1S/C26H37FN4O6/c1-15(16(2)32)23(35)30-12-4-6-20(30)24(36)31-13-5-11-26(31,14-18-7-9-19(27)10-8-18)25(37)29-21(17(3)33)22(28)34/h7-10,15-17,20-21,32-33H,4-6,11-14H2,1-3H3,(H2,28,34)(H,29,37)/t15-,16+,17+,20-,21-,26+/m0/s1. The van der Waals surface area contributed by atoms with Gasteiger partial charge in [0.15, 0.2) is 0 Å². The van der Waals surface area contributed by atoms with Crippen LogP contribution in [0.2, 0.25) is 0 Å². The number of benzene rings is 1. The topological polar surface area (TPSA) is 153 Å². The maximum atomic E-state index is 14.0. The van der Waals surface area contributed by atoms with Gasteiger partial charge in [0.2, 0.25) is 23.6 Å². The van der Waals surface area contributed by atoms with Crippen molar-refractivity contribution in [1.82, 2.24) is 15.1 Å². The Hall–Kier alpha value is -3.05. The molecule has 5 N–H and O–H groups in total. The van der Waals surface area contributed by atoms with E-state index in [1.165, 1.54) is 47.9 Å². The van der Waals surface area contributed by atoms with Crippen molar-refractivity contribution in [2.75, 3.05) is 13.1 Å². The lowest BCUT2D eigenvalue weighted by Crippen LogP contribution is -2.65. The molecule has 6 atom stereocenters. The predicted octanol–water partition coefficient (Wildman–Crippen LogP) is 0.0882. The summed E-state index contributed by atoms with van der Waals surface area (Å²) in [5.74, 6) is -3.44. The van der Waals surface area contributed by atoms with Gasteiger partial charge in [-0.2, -0.15) is 0 Å². The quantitative estimate of drug-likeness (QED) is 0.362. The summed E-state index contributed by atoms with van der Waals surface area (Å²) >= 11 is 0. The van der Waals surface area contributed by atoms with Crippen LogP contribution in [0.3, 0.4) is 0 Å². The third kappa shape index (κ3) is 5.93. The summed E-state index contributed by atoms with van der Waals surface area (Å²) in [5.41, 5.74) is 4.56. The zero-order valence-electron chi connectivity index (χ0n) is 21.5. The zero-order chi connectivity index (χ0) is 27.5. The Labute approximate surface area is 216 Å². The monoisotopic (exact) mass is 520 g/mol. The Kier molecular flexibility index (Phi) is 8.91. The first-order chi connectivity index (χ1) is 17.4. The molecule has 10 nitrogen and oxygen atoms in total. The van der Waals surface area contributed by atoms with E-state index in [2.05, 4.69) is 5.32 Å². The van der Waals surface area contributed by atoms with Gasteiger partial charge in [0.1, 0.15) is 23.4 Å². The van der Waals surface area contributed by atoms with Crippen LogP contribution in [0.25, 0.3) is 0 Å². The minimum Gasteiger partial charge on any atom is -0.393 e. The number of likely N-dealkylation sites (tertiary alicyclic amines) is 2. The lowest BCUT2D eigenvalue weighted by Gasteiger charge is -2.41. The lowest BCUT2D eigenvalue weighted by atomic mass is 9.86. The van der Waals surface area contributed by atoms with Crippen LogP contribution in [0.15, 0.2) is 24.3 Å². The normalized spacial score (nSPS) is 24.9. The first kappa shape index (κ1) is 28.5. The Balaban J connectivity index is 1.97. The maximum Gasteiger partial charge on any atom is 0.247 e. The van der Waals surface area contributed by atoms with Crippen LogP contribution in [0.4, 0.5) is 4.39 Å². The number of rotatable bonds is 9. The number of carbonyl (C=O) groups excluding carboxylic acids is 4. The number of carbonyl (C=O) groups is 4. The number of nitrogens with two attached hydrogens (primary N) is 1. The molecule has 2 aliphatic rings. The Morgan fingerprint density at radius 1 is 1.08 bits per heavy atom. The summed E-state index contributed by atoms with van der Waals surface area (Å²) < 4.78 is 13.6. The molecule has 2 aliphatic heterocycles. The fourth-order valence-corrected chi connectivity index (χ4v) is 5.28. The SMILES string of the molecule is C[C@H](C(=O)N1CCC[C@H]1C(=O)N1CCC[C@@]1(Cc1ccc(F)cc1)C(=O)N[C@H](C(N)=O)[C@@H](C)O)[C@@H](C)O. The van der Waals surface area contributed by atoms with Gasteiger partial charge in [0.25, 0.3) is 0 Å². The summed E-state index contributed by atoms with van der Waals surface area (Å²) in [4.78, 5) is 55.6. The van der Waals surface area contributed by atoms with Gasteiger partial charge in [0, 0.05) is 19.5 Å². The molecule has 0 saturated carbocycles. The van der Waals surface area contributed by atoms with Gasteiger partial charge in [0.05, 0.1) is 18.1 Å². The van der Waals surface area contributed by atoms with Crippen molar-refractivity contribution in [2.24, 2.45) is 11.7 Å². The van der Waals surface area contributed by atoms with Gasteiger partial charge in [-0.1, -0.05) is 19.1 Å². The zero-order valence-corrected chi connectivity index (χ0v) is 21.5. The van der Waals surface area contributed by atoms with Gasteiger partial charge in [-0.3, -0.25) is 19.2 Å². The van der Waals surface area contributed by atoms with Crippen LogP contribution in [0.1, 0.15) is 52.0 Å². The number of amides is 4. The molecule has 1 aromatic rings. The van der Waals surface area contributed by atoms with E-state index in [9.17, 15) is 33.8 Å². The van der Waals surface area contributed by atoms with Gasteiger partial charge < -0.3 is 31.1 Å². The average molecular weight is 521 g/mol. The van der Waals surface area contributed by atoms with Gasteiger partial charge in [-0.05, 0) is 57.2 Å². The third-order valence-corrected chi connectivity index (χ3v) is 7.60. The summed E-state index contributed by atoms with van der Waals surface area (Å²) in [6.07, 6.45) is -0.338. The molecule has 37 heavy (non-hydrogen) atoms. The van der Waals surface area contributed by atoms with Crippen LogP contribution in [-0.2, 0) is 25.6 Å². The summed E-state index contributed by atoms with van der Waals surface area (Å²) in [6, 6.07) is 3.42. The molecule has 2 heterocycles. The van der Waals surface area contributed by atoms with Crippen molar-refractivity contribution in [3.8, 4) is 0 Å². The molecule has 3 rings (SSSR count). The largest absolute Gasteiger partial charge is 0.393 e. The number of nitrogens with zero attached hydrogens (tertiary/aromatic N) is 2. The Morgan fingerprint density at radius 3 is 2.30 bits per heavy atom. The van der Waals surface area contributed by atoms with Crippen LogP contribution < -0.4 is 11.1 Å². The number of hydrogen-bond acceptors (Lipinski definition) is 6. The highest BCUT2D eigenvalue weighted by atomic mass is 19.1. The van der Waals surface area contributed by atoms with E-state index < -0.39 is 59.3 Å². The molecule has 0 aliphatic carbocycles. The molecule has 11 heteroatoms. The Bertz CT molecular complexity index is 1020. The first-order valence-corrected chi connectivity index (χ1v) is 12.7. The lowest BCUT2D eigenvalue weighted by molar-refractivity contribution is -0.153. The average Bonchev–Trinajstić information content (AvgIpc) is 3.50. The van der Waals surface area contributed by atoms with E-state index in [1.54, 1.807) is 6.92 Å². The Morgan fingerprint density at radius 2 is 1.73 bits per heavy atom. The molecule has 0 unspecified atom stereocenters. The maximum absolute atomic E-state index is 14.0. The molecule has 4 amide bonds. The highest BCUT2D eigenvalue weighted by Crippen LogP contribution is 2.36. The van der Waals surface area contributed by atoms with Crippen LogP contribution in [0, 0.1) is 11.7 Å². The van der Waals surface area contributed by atoms with Crippen molar-refractivity contribution in [1.29, 1.82) is 0 Å². The molecule has 0 radical (unpaired) electrons. The molecule has 0 spiro atoms. The van der Waals surface area contributed by atoms with Crippen molar-refractivity contribution in [2.45, 2.75) is 82.7 Å². The highest BCUT2D eigenvalue weighted by Gasteiger charge is 2.53. The third-order valence-electron chi connectivity index (χ3n) is 7.60. The fourth-order valence-electron chi connectivity index (χ4n) is 5.28. The number of primary amides is 1. The fraction of sp³-hybridized carbons (Fsp3) is 0.615. The number of nitrogens with one attached hydrogen (secondary N) is 1. The van der Waals surface area contributed by atoms with Gasteiger partial charge >= 0.3 is 0 Å². The smallest absolute Gasteiger partial charge is 0.247 e. The van der Waals surface area contributed by atoms with Crippen molar-refractivity contribution < 1.29 is 33.8 Å². The van der Waals surface area contributed by atoms with Crippen LogP contribution in [-0.4, -0.2) is 86.6 Å². The molecule has 0 bridgehead atoms. The first-order valence-electron chi connectivity index (χ1n) is 12.7. The summed E-state index contributed by atoms with van der Waals surface area (Å²) in [7, 11) is 0. The molecule has 0 aromatic heterocycles. The number of halogens is 1. The van der Waals surface area contributed by atoms with Crippen LogP contribution in [0.5, 0.6) is 0 Å². The second kappa shape index (κ2) is 11.6. The molecule has 2 fully saturated rings. The second-order valence-electron chi connectivity index (χ2n) is 10.2. The second-order valence-corrected chi connectivity index (χ2v) is 10.2. The van der Waals surface area contributed by atoms with E-state index in [4.69, 9.17) is 5.73 Å². The van der Waals surface area contributed by atoms with Crippen molar-refractivity contribution >= 4 is 23.6 Å². The van der Waals surface area contributed by atoms with E-state index in [-0.39, 0.29) is 25.3 Å². The van der Waals surface area contributed by atoms with E-state index in [1.807, 2.05) is 0 Å². The minimum absolute atomic E-state index is 0.0425. The van der Waals surface area contributed by atoms with Crippen molar-refractivity contribution in [3.05, 3.63) is 35.6 Å². The van der Waals surface area contributed by atoms with Crippen LogP contribution >= 0.6 is 0 Å². The molecular formula is C26H37FN4O6.